The van der Waals surface area contributed by atoms with Gasteiger partial charge in [-0.05, 0) is 55.2 Å². The van der Waals surface area contributed by atoms with E-state index < -0.39 is 45.2 Å². The Hall–Kier alpha value is -6.86. The van der Waals surface area contributed by atoms with Gasteiger partial charge in [0.2, 0.25) is 0 Å². The highest BCUT2D eigenvalue weighted by Crippen LogP contribution is 2.29. The Morgan fingerprint density at radius 1 is 0.726 bits per heavy atom. The van der Waals surface area contributed by atoms with Gasteiger partial charge < -0.3 is 20.1 Å². The molecule has 6 aromatic rings. The quantitative estimate of drug-likeness (QED) is 0.0594. The van der Waals surface area contributed by atoms with Crippen molar-refractivity contribution in [1.82, 2.24) is 28.7 Å². The van der Waals surface area contributed by atoms with Gasteiger partial charge in [-0.15, -0.1) is 12.0 Å². The molecule has 0 fully saturated rings. The Kier molecular flexibility index (Phi) is 14.0. The van der Waals surface area contributed by atoms with Crippen molar-refractivity contribution in [3.8, 4) is 46.3 Å². The summed E-state index contributed by atoms with van der Waals surface area (Å²) in [7, 11) is 0.927. The highest BCUT2D eigenvalue weighted by atomic mass is 28.3. The molecule has 6 rings (SSSR count). The number of anilines is 2. The van der Waals surface area contributed by atoms with Crippen molar-refractivity contribution in [2.24, 2.45) is 0 Å². The third-order valence-electron chi connectivity index (χ3n) is 8.95. The third-order valence-corrected chi connectivity index (χ3v) is 9.83. The van der Waals surface area contributed by atoms with E-state index in [1.807, 2.05) is 6.07 Å². The van der Waals surface area contributed by atoms with Gasteiger partial charge in [-0.2, -0.15) is 26.3 Å². The molecule has 0 bridgehead atoms. The minimum Gasteiger partial charge on any atom is -0.465 e. The van der Waals surface area contributed by atoms with Crippen molar-refractivity contribution in [2.45, 2.75) is 58.7 Å². The first-order chi connectivity index (χ1) is 29.1. The van der Waals surface area contributed by atoms with E-state index in [2.05, 4.69) is 67.6 Å². The van der Waals surface area contributed by atoms with Gasteiger partial charge >= 0.3 is 24.3 Å². The molecule has 324 valence electrons. The van der Waals surface area contributed by atoms with Crippen molar-refractivity contribution in [1.29, 1.82) is 0 Å². The minimum absolute atomic E-state index is 0.166. The molecule has 12 nitrogen and oxygen atoms in total. The van der Waals surface area contributed by atoms with Crippen molar-refractivity contribution in [3.63, 3.8) is 0 Å². The number of carbonyl (C=O) groups excluding carboxylic acids is 2. The number of hydrogen-bond donors (Lipinski definition) is 2. The number of rotatable bonds is 10. The van der Waals surface area contributed by atoms with Crippen LogP contribution in [0.15, 0.2) is 61.2 Å². The van der Waals surface area contributed by atoms with Crippen LogP contribution in [0.4, 0.5) is 38.0 Å². The predicted octanol–water partition coefficient (Wildman–Crippen LogP) is 8.92. The highest BCUT2D eigenvalue weighted by Gasteiger charge is 2.28. The number of nitrogens with zero attached hydrogens (tertiary/aromatic N) is 6. The first-order valence-corrected chi connectivity index (χ1v) is 22.4. The van der Waals surface area contributed by atoms with Crippen LogP contribution in [-0.2, 0) is 9.47 Å². The Morgan fingerprint density at radius 2 is 1.15 bits per heavy atom. The smallest absolute Gasteiger partial charge is 0.390 e. The number of hydrogen-bond acceptors (Lipinski definition) is 10. The molecule has 0 aliphatic heterocycles. The van der Waals surface area contributed by atoms with Crippen LogP contribution >= 0.6 is 0 Å². The van der Waals surface area contributed by atoms with Gasteiger partial charge in [0.1, 0.15) is 19.5 Å². The lowest BCUT2D eigenvalue weighted by Gasteiger charge is -2.11. The number of terminal acetylenes is 1. The number of fused-ring (bicyclic) bond motifs is 2. The molecule has 0 radical (unpaired) electrons. The number of alkyl halides is 6. The third kappa shape index (κ3) is 11.7. The van der Waals surface area contributed by atoms with E-state index >= 15 is 0 Å². The first-order valence-electron chi connectivity index (χ1n) is 18.9. The number of imidazole rings is 2. The Morgan fingerprint density at radius 3 is 1.52 bits per heavy atom. The van der Waals surface area contributed by atoms with Crippen LogP contribution in [0.2, 0.25) is 19.6 Å². The first kappa shape index (κ1) is 46.2. The molecule has 0 atom stereocenters. The summed E-state index contributed by atoms with van der Waals surface area (Å²) < 4.78 is 88.3. The number of ether oxygens (including phenoxy) is 2. The van der Waals surface area contributed by atoms with Crippen LogP contribution in [0.1, 0.15) is 56.1 Å². The molecule has 0 saturated carbocycles. The largest absolute Gasteiger partial charge is 0.465 e. The molecule has 0 unspecified atom stereocenters. The molecule has 0 aliphatic rings. The number of halogens is 6. The fraction of sp³-hybridized carbons (Fsp3) is 0.302. The summed E-state index contributed by atoms with van der Waals surface area (Å²) in [6, 6.07) is 10.4. The maximum absolute atomic E-state index is 12.6. The molecule has 2 aromatic carbocycles. The van der Waals surface area contributed by atoms with Gasteiger partial charge in [-0.1, -0.05) is 37.7 Å². The second-order valence-corrected chi connectivity index (χ2v) is 19.6. The second-order valence-electron chi connectivity index (χ2n) is 14.9. The van der Waals surface area contributed by atoms with Crippen LogP contribution in [0.25, 0.3) is 33.8 Å². The number of nitrogens with one attached hydrogen (secondary N) is 2. The van der Waals surface area contributed by atoms with E-state index in [1.54, 1.807) is 77.8 Å². The maximum Gasteiger partial charge on any atom is 0.390 e. The predicted molar refractivity (Wildman–Crippen MR) is 225 cm³/mol. The van der Waals surface area contributed by atoms with E-state index in [9.17, 15) is 35.9 Å². The average molecular weight is 877 g/mol. The van der Waals surface area contributed by atoms with E-state index in [0.717, 1.165) is 16.7 Å². The number of carbonyl (C=O) groups is 2. The van der Waals surface area contributed by atoms with Crippen molar-refractivity contribution in [2.75, 3.05) is 37.9 Å². The fourth-order valence-corrected chi connectivity index (χ4v) is 6.49. The van der Waals surface area contributed by atoms with Crippen molar-refractivity contribution < 1.29 is 45.4 Å². The number of aromatic nitrogens is 6. The lowest BCUT2D eigenvalue weighted by Crippen LogP contribution is -2.17. The normalized spacial score (nSPS) is 11.5. The molecular weight excluding hydrogens is 835 g/mol. The fourth-order valence-electron chi connectivity index (χ4n) is 5.99. The summed E-state index contributed by atoms with van der Waals surface area (Å²) in [5.41, 5.74) is 9.84. The minimum atomic E-state index is -4.29. The van der Waals surface area contributed by atoms with Crippen LogP contribution in [0.3, 0.4) is 0 Å². The lowest BCUT2D eigenvalue weighted by molar-refractivity contribution is -0.132. The number of aryl methyl sites for hydroxylation is 2. The molecule has 2 N–H and O–H groups in total. The molecule has 0 amide bonds. The molecule has 4 heterocycles. The van der Waals surface area contributed by atoms with Crippen LogP contribution in [-0.4, -0.2) is 88.4 Å². The molecule has 0 saturated heterocycles. The summed E-state index contributed by atoms with van der Waals surface area (Å²) in [4.78, 5) is 40.9. The molecular formula is C43H42F6N8O4Si. The zero-order chi connectivity index (χ0) is 45.6. The second kappa shape index (κ2) is 18.8. The standard InChI is InChI=1S/C23H25F3N4O2Si.C20H17F3N4O2/c1-15-12-16(6-7-18(15)22(31)32-2)19-13-28-21-20(27-10-9-23(24,25)26)29-17(14-30(19)21)8-11-33(3,4)5;1-4-14-11-27-16(13-5-6-15(12(2)9-13)19(28)29-3)10-25-18(27)17(26-14)24-8-7-20(21,22)23/h6-7,12-14H,9-10H2,1-5H3,(H,27,29);1,5-6,9-11H,7-8H2,2-3H3,(H,24,26). The van der Waals surface area contributed by atoms with E-state index in [1.165, 1.54) is 14.2 Å². The van der Waals surface area contributed by atoms with E-state index in [4.69, 9.17) is 15.9 Å². The highest BCUT2D eigenvalue weighted by molar-refractivity contribution is 6.83. The maximum atomic E-state index is 12.6. The Labute approximate surface area is 354 Å². The summed E-state index contributed by atoms with van der Waals surface area (Å²) >= 11 is 0. The van der Waals surface area contributed by atoms with Gasteiger partial charge in [0, 0.05) is 36.6 Å². The number of methoxy groups -OCH3 is 2. The molecule has 0 spiro atoms. The topological polar surface area (TPSA) is 137 Å². The van der Waals surface area contributed by atoms with Crippen LogP contribution in [0, 0.1) is 37.7 Å². The van der Waals surface area contributed by atoms with Gasteiger partial charge in [-0.25, -0.2) is 29.5 Å². The van der Waals surface area contributed by atoms with Crippen molar-refractivity contribution >= 4 is 42.9 Å². The number of benzene rings is 2. The summed E-state index contributed by atoms with van der Waals surface area (Å²) in [5, 5.41) is 5.41. The molecule has 4 aromatic heterocycles. The molecule has 62 heavy (non-hydrogen) atoms. The SMILES string of the molecule is C#Cc1cn2c(-c3ccc(C(=O)OC)c(C)c3)cnc2c(NCCC(F)(F)F)n1.COC(=O)c1ccc(-c2cnc3c(NCCC(F)(F)F)nc(C#C[Si](C)(C)C)cn23)cc1C. The average Bonchev–Trinajstić information content (AvgIpc) is 3.83. The van der Waals surface area contributed by atoms with Gasteiger partial charge in [0.05, 0.1) is 62.0 Å². The zero-order valence-corrected chi connectivity index (χ0v) is 35.8. The van der Waals surface area contributed by atoms with Gasteiger partial charge in [-0.3, -0.25) is 8.80 Å². The molecule has 19 heteroatoms. The Bertz CT molecular complexity index is 2740. The van der Waals surface area contributed by atoms with Crippen molar-refractivity contribution in [3.05, 3.63) is 94.8 Å². The van der Waals surface area contributed by atoms with Crippen LogP contribution < -0.4 is 10.6 Å². The lowest BCUT2D eigenvalue weighted by atomic mass is 10.0. The molecule has 0 aliphatic carbocycles. The van der Waals surface area contributed by atoms with Crippen LogP contribution in [0.5, 0.6) is 0 Å². The Balaban J connectivity index is 0.000000236. The summed E-state index contributed by atoms with van der Waals surface area (Å²) in [5.74, 6) is 4.98. The number of esters is 2. The van der Waals surface area contributed by atoms with Gasteiger partial charge in [0.15, 0.2) is 22.9 Å². The monoisotopic (exact) mass is 876 g/mol. The zero-order valence-electron chi connectivity index (χ0n) is 34.8. The van der Waals surface area contributed by atoms with E-state index in [0.29, 0.717) is 45.1 Å². The summed E-state index contributed by atoms with van der Waals surface area (Å²) in [6.45, 7) is 9.18. The van der Waals surface area contributed by atoms with Gasteiger partial charge in [0.25, 0.3) is 0 Å². The van der Waals surface area contributed by atoms with E-state index in [-0.39, 0.29) is 30.4 Å². The summed E-state index contributed by atoms with van der Waals surface area (Å²) in [6.07, 6.45) is 1.38.